The molecule has 1 unspecified atom stereocenters. The van der Waals surface area contributed by atoms with Gasteiger partial charge in [0.25, 0.3) is 5.91 Å². The number of nitrogens with zero attached hydrogens (tertiary/aromatic N) is 1. The monoisotopic (exact) mass is 430 g/mol. The summed E-state index contributed by atoms with van der Waals surface area (Å²) in [5.41, 5.74) is 5.68. The quantitative estimate of drug-likeness (QED) is 0.690. The summed E-state index contributed by atoms with van der Waals surface area (Å²) in [7, 11) is 0. The molecule has 2 aromatic rings. The Balaban J connectivity index is 1.66. The van der Waals surface area contributed by atoms with E-state index in [9.17, 15) is 9.90 Å². The van der Waals surface area contributed by atoms with Gasteiger partial charge < -0.3 is 5.11 Å². The maximum atomic E-state index is 12.8. The lowest BCUT2D eigenvalue weighted by atomic mass is 10.0. The number of carbonyl (C=O) groups excluding carboxylic acids is 1. The molecule has 4 rings (SSSR count). The number of carbonyl (C=O) groups is 1. The van der Waals surface area contributed by atoms with E-state index in [1.807, 2.05) is 41.4 Å². The second-order valence-electron chi connectivity index (χ2n) is 6.43. The van der Waals surface area contributed by atoms with Gasteiger partial charge in [-0.2, -0.15) is 0 Å². The zero-order valence-electron chi connectivity index (χ0n) is 14.1. The third kappa shape index (κ3) is 3.35. The SMILES string of the molecule is O=C(NN1C2=C(CCCC2)SC1c1ccccc1O)c1cccc(Br)c1. The molecule has 0 saturated heterocycles. The van der Waals surface area contributed by atoms with E-state index < -0.39 is 0 Å². The van der Waals surface area contributed by atoms with Crippen molar-refractivity contribution in [2.24, 2.45) is 0 Å². The molecule has 2 aliphatic rings. The summed E-state index contributed by atoms with van der Waals surface area (Å²) < 4.78 is 0.871. The van der Waals surface area contributed by atoms with Gasteiger partial charge >= 0.3 is 0 Å². The maximum Gasteiger partial charge on any atom is 0.269 e. The second kappa shape index (κ2) is 7.37. The minimum Gasteiger partial charge on any atom is -0.508 e. The van der Waals surface area contributed by atoms with Crippen LogP contribution in [0.3, 0.4) is 0 Å². The van der Waals surface area contributed by atoms with Crippen molar-refractivity contribution in [3.63, 3.8) is 0 Å². The lowest BCUT2D eigenvalue weighted by molar-refractivity contribution is 0.0820. The summed E-state index contributed by atoms with van der Waals surface area (Å²) in [6, 6.07) is 14.7. The highest BCUT2D eigenvalue weighted by atomic mass is 79.9. The number of phenols is 1. The number of hydrazine groups is 1. The molecule has 0 fully saturated rings. The Bertz CT molecular complexity index is 884. The number of halogens is 1. The van der Waals surface area contributed by atoms with Crippen molar-refractivity contribution in [1.82, 2.24) is 10.4 Å². The highest BCUT2D eigenvalue weighted by molar-refractivity contribution is 9.10. The van der Waals surface area contributed by atoms with E-state index in [0.717, 1.165) is 29.3 Å². The van der Waals surface area contributed by atoms with Crippen LogP contribution in [0.5, 0.6) is 5.75 Å². The van der Waals surface area contributed by atoms with Gasteiger partial charge in [0.15, 0.2) is 0 Å². The first kappa shape index (κ1) is 17.5. The number of aromatic hydroxyl groups is 1. The molecular formula is C20H19BrN2O2S. The maximum absolute atomic E-state index is 12.8. The van der Waals surface area contributed by atoms with E-state index in [1.165, 1.54) is 17.0 Å². The number of phenolic OH excluding ortho intramolecular Hbond substituents is 1. The molecule has 1 aliphatic heterocycles. The van der Waals surface area contributed by atoms with Gasteiger partial charge in [-0.25, -0.2) is 0 Å². The Morgan fingerprint density at radius 3 is 2.77 bits per heavy atom. The largest absolute Gasteiger partial charge is 0.508 e. The zero-order chi connectivity index (χ0) is 18.1. The third-order valence-electron chi connectivity index (χ3n) is 4.68. The molecule has 1 heterocycles. The number of hydrogen-bond acceptors (Lipinski definition) is 4. The van der Waals surface area contributed by atoms with E-state index in [1.54, 1.807) is 23.9 Å². The number of allylic oxidation sites excluding steroid dienone is 2. The number of hydrogen-bond donors (Lipinski definition) is 2. The van der Waals surface area contributed by atoms with Crippen LogP contribution in [0.1, 0.15) is 47.0 Å². The van der Waals surface area contributed by atoms with Gasteiger partial charge in [-0.3, -0.25) is 15.2 Å². The molecule has 0 aromatic heterocycles. The third-order valence-corrected chi connectivity index (χ3v) is 6.59. The summed E-state index contributed by atoms with van der Waals surface area (Å²) in [6.07, 6.45) is 4.28. The van der Waals surface area contributed by atoms with Crippen LogP contribution in [0.4, 0.5) is 0 Å². The first-order valence-electron chi connectivity index (χ1n) is 8.66. The first-order valence-corrected chi connectivity index (χ1v) is 10.3. The fraction of sp³-hybridized carbons (Fsp3) is 0.250. The molecular weight excluding hydrogens is 412 g/mol. The molecule has 1 aliphatic carbocycles. The fourth-order valence-corrected chi connectivity index (χ4v) is 5.28. The number of amides is 1. The van der Waals surface area contributed by atoms with Crippen molar-refractivity contribution < 1.29 is 9.90 Å². The molecule has 2 aromatic carbocycles. The number of benzene rings is 2. The van der Waals surface area contributed by atoms with E-state index in [-0.39, 0.29) is 17.0 Å². The zero-order valence-corrected chi connectivity index (χ0v) is 16.5. The molecule has 6 heteroatoms. The first-order chi connectivity index (χ1) is 12.6. The van der Waals surface area contributed by atoms with Crippen molar-refractivity contribution in [1.29, 1.82) is 0 Å². The predicted molar refractivity (Wildman–Crippen MR) is 107 cm³/mol. The average Bonchev–Trinajstić information content (AvgIpc) is 3.00. The smallest absolute Gasteiger partial charge is 0.269 e. The van der Waals surface area contributed by atoms with Crippen LogP contribution in [0.15, 0.2) is 63.6 Å². The topological polar surface area (TPSA) is 52.6 Å². The normalized spacial score (nSPS) is 19.4. The lowest BCUT2D eigenvalue weighted by Crippen LogP contribution is -2.41. The Kier molecular flexibility index (Phi) is 4.96. The number of rotatable bonds is 3. The van der Waals surface area contributed by atoms with Gasteiger partial charge in [0.2, 0.25) is 0 Å². The molecule has 0 spiro atoms. The molecule has 0 saturated carbocycles. The molecule has 4 nitrogen and oxygen atoms in total. The minimum atomic E-state index is -0.147. The van der Waals surface area contributed by atoms with Gasteiger partial charge in [-0.15, -0.1) is 0 Å². The Labute approximate surface area is 165 Å². The standard InChI is InChI=1S/C20H19BrN2O2S/c21-14-7-5-6-13(12-14)19(25)22-23-16-9-2-4-11-18(16)26-20(23)15-8-1-3-10-17(15)24/h1,3,5-8,10,12,20,24H,2,4,9,11H2,(H,22,25). The summed E-state index contributed by atoms with van der Waals surface area (Å²) in [4.78, 5) is 14.1. The highest BCUT2D eigenvalue weighted by Gasteiger charge is 2.37. The van der Waals surface area contributed by atoms with Crippen LogP contribution in [0.2, 0.25) is 0 Å². The van der Waals surface area contributed by atoms with E-state index >= 15 is 0 Å². The van der Waals surface area contributed by atoms with Crippen LogP contribution in [-0.4, -0.2) is 16.0 Å². The van der Waals surface area contributed by atoms with Crippen LogP contribution >= 0.6 is 27.7 Å². The number of thioether (sulfide) groups is 1. The van der Waals surface area contributed by atoms with E-state index in [2.05, 4.69) is 21.4 Å². The highest BCUT2D eigenvalue weighted by Crippen LogP contribution is 2.52. The van der Waals surface area contributed by atoms with E-state index in [4.69, 9.17) is 0 Å². The average molecular weight is 431 g/mol. The van der Waals surface area contributed by atoms with Crippen LogP contribution in [0.25, 0.3) is 0 Å². The number of nitrogens with one attached hydrogen (secondary N) is 1. The predicted octanol–water partition coefficient (Wildman–Crippen LogP) is 5.33. The summed E-state index contributed by atoms with van der Waals surface area (Å²) >= 11 is 5.15. The lowest BCUT2D eigenvalue weighted by Gasteiger charge is -2.30. The Morgan fingerprint density at radius 1 is 1.15 bits per heavy atom. The van der Waals surface area contributed by atoms with Crippen molar-refractivity contribution in [2.75, 3.05) is 0 Å². The van der Waals surface area contributed by atoms with Gasteiger partial charge in [0.05, 0.1) is 0 Å². The van der Waals surface area contributed by atoms with Gasteiger partial charge in [-0.1, -0.05) is 52.0 Å². The Hall–Kier alpha value is -1.92. The summed E-state index contributed by atoms with van der Waals surface area (Å²) in [5, 5.41) is 12.1. The van der Waals surface area contributed by atoms with Crippen molar-refractivity contribution in [2.45, 2.75) is 31.1 Å². The fourth-order valence-electron chi connectivity index (χ4n) is 3.40. The van der Waals surface area contributed by atoms with Crippen molar-refractivity contribution >= 4 is 33.6 Å². The van der Waals surface area contributed by atoms with E-state index in [0.29, 0.717) is 5.56 Å². The van der Waals surface area contributed by atoms with Gasteiger partial charge in [0, 0.05) is 26.2 Å². The van der Waals surface area contributed by atoms with Crippen LogP contribution in [0, 0.1) is 0 Å². The van der Waals surface area contributed by atoms with Crippen molar-refractivity contribution in [3.05, 3.63) is 74.7 Å². The molecule has 1 amide bonds. The molecule has 26 heavy (non-hydrogen) atoms. The van der Waals surface area contributed by atoms with Crippen LogP contribution < -0.4 is 5.43 Å². The van der Waals surface area contributed by atoms with Crippen LogP contribution in [-0.2, 0) is 0 Å². The Morgan fingerprint density at radius 2 is 1.96 bits per heavy atom. The minimum absolute atomic E-state index is 0.143. The molecule has 2 N–H and O–H groups in total. The molecule has 0 bridgehead atoms. The summed E-state index contributed by atoms with van der Waals surface area (Å²) in [5.74, 6) is 0.109. The molecule has 1 atom stereocenters. The number of para-hydroxylation sites is 1. The van der Waals surface area contributed by atoms with Crippen molar-refractivity contribution in [3.8, 4) is 5.75 Å². The molecule has 0 radical (unpaired) electrons. The second-order valence-corrected chi connectivity index (χ2v) is 8.52. The van der Waals surface area contributed by atoms with Gasteiger partial charge in [-0.05, 0) is 49.9 Å². The van der Waals surface area contributed by atoms with Gasteiger partial charge in [0.1, 0.15) is 11.1 Å². The summed E-state index contributed by atoms with van der Waals surface area (Å²) in [6.45, 7) is 0. The molecule has 134 valence electrons.